The van der Waals surface area contributed by atoms with Crippen LogP contribution in [0, 0.1) is 5.92 Å². The molecule has 3 heteroatoms. The molecule has 1 aromatic carbocycles. The van der Waals surface area contributed by atoms with Crippen LogP contribution in [0.4, 0.5) is 0 Å². The van der Waals surface area contributed by atoms with Crippen LogP contribution in [0.5, 0.6) is 5.75 Å². The molecule has 2 rings (SSSR count). The lowest BCUT2D eigenvalue weighted by molar-refractivity contribution is -0.144. The largest absolute Gasteiger partial charge is 0.508 e. The number of phenolic OH excluding ortho intramolecular Hbond substituents is 1. The maximum Gasteiger partial charge on any atom is 0.306 e. The van der Waals surface area contributed by atoms with Crippen molar-refractivity contribution in [3.63, 3.8) is 0 Å². The highest BCUT2D eigenvalue weighted by molar-refractivity contribution is 5.70. The fraction of sp³-hybridized carbons (Fsp3) is 0.533. The summed E-state index contributed by atoms with van der Waals surface area (Å²) in [6, 6.07) is 7.25. The fourth-order valence-corrected chi connectivity index (χ4v) is 2.55. The van der Waals surface area contributed by atoms with Crippen molar-refractivity contribution in [1.29, 1.82) is 0 Å². The monoisotopic (exact) mass is 248 g/mol. The lowest BCUT2D eigenvalue weighted by Crippen LogP contribution is -2.23. The standard InChI is InChI=1S/C15H20O3/c1-2-18-15(17)10-14(11-5-3-6-11)12-7-4-8-13(16)9-12/h4,7-9,11,14,16H,2-3,5-6,10H2,1H3. The van der Waals surface area contributed by atoms with E-state index in [0.717, 1.165) is 5.56 Å². The Morgan fingerprint density at radius 3 is 2.83 bits per heavy atom. The zero-order chi connectivity index (χ0) is 13.0. The Kier molecular flexibility index (Phi) is 4.24. The van der Waals surface area contributed by atoms with Gasteiger partial charge in [-0.3, -0.25) is 4.79 Å². The van der Waals surface area contributed by atoms with Gasteiger partial charge in [0.05, 0.1) is 13.0 Å². The average Bonchev–Trinajstić information content (AvgIpc) is 2.26. The van der Waals surface area contributed by atoms with Crippen molar-refractivity contribution in [2.24, 2.45) is 5.92 Å². The molecule has 1 fully saturated rings. The second kappa shape index (κ2) is 5.89. The van der Waals surface area contributed by atoms with Gasteiger partial charge in [0.25, 0.3) is 0 Å². The highest BCUT2D eigenvalue weighted by Crippen LogP contribution is 2.42. The Hall–Kier alpha value is -1.51. The minimum Gasteiger partial charge on any atom is -0.508 e. The molecular formula is C15H20O3. The van der Waals surface area contributed by atoms with E-state index in [-0.39, 0.29) is 17.6 Å². The second-order valence-electron chi connectivity index (χ2n) is 4.90. The molecule has 0 aromatic heterocycles. The zero-order valence-electron chi connectivity index (χ0n) is 10.8. The summed E-state index contributed by atoms with van der Waals surface area (Å²) in [6.07, 6.45) is 3.99. The van der Waals surface area contributed by atoms with Gasteiger partial charge < -0.3 is 9.84 Å². The second-order valence-corrected chi connectivity index (χ2v) is 4.90. The third kappa shape index (κ3) is 3.03. The van der Waals surface area contributed by atoms with Gasteiger partial charge in [-0.05, 0) is 49.3 Å². The maximum atomic E-state index is 11.7. The first-order valence-electron chi connectivity index (χ1n) is 6.65. The molecule has 18 heavy (non-hydrogen) atoms. The van der Waals surface area contributed by atoms with E-state index in [0.29, 0.717) is 18.9 Å². The molecule has 0 saturated heterocycles. The van der Waals surface area contributed by atoms with Gasteiger partial charge >= 0.3 is 5.97 Å². The number of ether oxygens (including phenoxy) is 1. The SMILES string of the molecule is CCOC(=O)CC(c1cccc(O)c1)C1CCC1. The molecule has 1 atom stereocenters. The Bertz CT molecular complexity index is 410. The summed E-state index contributed by atoms with van der Waals surface area (Å²) >= 11 is 0. The zero-order valence-corrected chi connectivity index (χ0v) is 10.8. The third-order valence-corrected chi connectivity index (χ3v) is 3.71. The number of hydrogen-bond donors (Lipinski definition) is 1. The molecule has 1 aliphatic carbocycles. The van der Waals surface area contributed by atoms with Gasteiger partial charge in [-0.25, -0.2) is 0 Å². The van der Waals surface area contributed by atoms with Crippen LogP contribution in [-0.2, 0) is 9.53 Å². The third-order valence-electron chi connectivity index (χ3n) is 3.71. The quantitative estimate of drug-likeness (QED) is 0.814. The Morgan fingerprint density at radius 2 is 2.28 bits per heavy atom. The van der Waals surface area contributed by atoms with E-state index in [1.165, 1.54) is 19.3 Å². The lowest BCUT2D eigenvalue weighted by Gasteiger charge is -2.33. The topological polar surface area (TPSA) is 46.5 Å². The molecule has 1 aliphatic rings. The summed E-state index contributed by atoms with van der Waals surface area (Å²) < 4.78 is 5.04. The molecule has 0 radical (unpaired) electrons. The van der Waals surface area contributed by atoms with Crippen molar-refractivity contribution >= 4 is 5.97 Å². The molecule has 0 heterocycles. The Morgan fingerprint density at radius 1 is 1.50 bits per heavy atom. The molecule has 1 unspecified atom stereocenters. The van der Waals surface area contributed by atoms with Gasteiger partial charge in [0.1, 0.15) is 5.75 Å². The van der Waals surface area contributed by atoms with Crippen molar-refractivity contribution in [3.8, 4) is 5.75 Å². The van der Waals surface area contributed by atoms with Crippen molar-refractivity contribution in [3.05, 3.63) is 29.8 Å². The van der Waals surface area contributed by atoms with Crippen LogP contribution in [0.1, 0.15) is 44.1 Å². The van der Waals surface area contributed by atoms with Crippen LogP contribution in [0.15, 0.2) is 24.3 Å². The van der Waals surface area contributed by atoms with Crippen LogP contribution in [-0.4, -0.2) is 17.7 Å². The first-order valence-corrected chi connectivity index (χ1v) is 6.65. The van der Waals surface area contributed by atoms with Gasteiger partial charge in [-0.15, -0.1) is 0 Å². The summed E-state index contributed by atoms with van der Waals surface area (Å²) in [7, 11) is 0. The summed E-state index contributed by atoms with van der Waals surface area (Å²) in [5.41, 5.74) is 1.05. The maximum absolute atomic E-state index is 11.7. The van der Waals surface area contributed by atoms with Gasteiger partial charge in [-0.1, -0.05) is 18.6 Å². The predicted molar refractivity (Wildman–Crippen MR) is 69.4 cm³/mol. The molecule has 3 nitrogen and oxygen atoms in total. The molecule has 0 spiro atoms. The summed E-state index contributed by atoms with van der Waals surface area (Å²) in [5.74, 6) is 0.861. The van der Waals surface area contributed by atoms with Gasteiger partial charge in [0.2, 0.25) is 0 Å². The van der Waals surface area contributed by atoms with Crippen LogP contribution in [0.2, 0.25) is 0 Å². The molecule has 1 aromatic rings. The predicted octanol–water partition coefficient (Wildman–Crippen LogP) is 3.23. The molecule has 98 valence electrons. The first-order chi connectivity index (χ1) is 8.70. The number of hydrogen-bond acceptors (Lipinski definition) is 3. The molecule has 0 bridgehead atoms. The number of aromatic hydroxyl groups is 1. The van der Waals surface area contributed by atoms with E-state index in [4.69, 9.17) is 4.74 Å². The van der Waals surface area contributed by atoms with E-state index in [2.05, 4.69) is 0 Å². The van der Waals surface area contributed by atoms with Crippen molar-refractivity contribution in [1.82, 2.24) is 0 Å². The molecule has 1 saturated carbocycles. The van der Waals surface area contributed by atoms with Gasteiger partial charge in [0.15, 0.2) is 0 Å². The number of esters is 1. The van der Waals surface area contributed by atoms with Crippen molar-refractivity contribution in [2.45, 2.75) is 38.5 Å². The normalized spacial score (nSPS) is 16.9. The van der Waals surface area contributed by atoms with E-state index in [9.17, 15) is 9.90 Å². The summed E-state index contributed by atoms with van der Waals surface area (Å²) in [6.45, 7) is 2.25. The van der Waals surface area contributed by atoms with E-state index in [1.807, 2.05) is 19.1 Å². The number of carbonyl (C=O) groups is 1. The number of benzene rings is 1. The minimum absolute atomic E-state index is 0.141. The number of phenols is 1. The van der Waals surface area contributed by atoms with Crippen LogP contribution < -0.4 is 0 Å². The number of rotatable bonds is 5. The Labute approximate surface area is 108 Å². The molecule has 0 aliphatic heterocycles. The fourth-order valence-electron chi connectivity index (χ4n) is 2.55. The van der Waals surface area contributed by atoms with Crippen LogP contribution >= 0.6 is 0 Å². The van der Waals surface area contributed by atoms with E-state index in [1.54, 1.807) is 12.1 Å². The summed E-state index contributed by atoms with van der Waals surface area (Å²) in [5, 5.41) is 9.56. The first kappa shape index (κ1) is 12.9. The molecule has 0 amide bonds. The molecule has 1 N–H and O–H groups in total. The lowest BCUT2D eigenvalue weighted by atomic mass is 9.71. The van der Waals surface area contributed by atoms with Gasteiger partial charge in [-0.2, -0.15) is 0 Å². The van der Waals surface area contributed by atoms with Crippen LogP contribution in [0.25, 0.3) is 0 Å². The highest BCUT2D eigenvalue weighted by atomic mass is 16.5. The van der Waals surface area contributed by atoms with Crippen molar-refractivity contribution in [2.75, 3.05) is 6.61 Å². The molecular weight excluding hydrogens is 228 g/mol. The van der Waals surface area contributed by atoms with Gasteiger partial charge in [0, 0.05) is 0 Å². The van der Waals surface area contributed by atoms with Crippen molar-refractivity contribution < 1.29 is 14.6 Å². The minimum atomic E-state index is -0.141. The smallest absolute Gasteiger partial charge is 0.306 e. The highest BCUT2D eigenvalue weighted by Gasteiger charge is 2.30. The number of carbonyl (C=O) groups excluding carboxylic acids is 1. The average molecular weight is 248 g/mol. The summed E-state index contributed by atoms with van der Waals surface area (Å²) in [4.78, 5) is 11.7. The van der Waals surface area contributed by atoms with E-state index >= 15 is 0 Å². The van der Waals surface area contributed by atoms with E-state index < -0.39 is 0 Å². The van der Waals surface area contributed by atoms with Crippen LogP contribution in [0.3, 0.4) is 0 Å². The Balaban J connectivity index is 2.11.